The summed E-state index contributed by atoms with van der Waals surface area (Å²) in [7, 11) is 0. The molecule has 30 heavy (non-hydrogen) atoms. The Morgan fingerprint density at radius 3 is 1.97 bits per heavy atom. The fourth-order valence-corrected chi connectivity index (χ4v) is 3.25. The molecule has 0 saturated carbocycles. The van der Waals surface area contributed by atoms with Crippen LogP contribution in [0.25, 0.3) is 22.3 Å². The minimum Gasteiger partial charge on any atom is -0.490 e. The average Bonchev–Trinajstić information content (AvgIpc) is 2.73. The topological polar surface area (TPSA) is 81.3 Å². The molecule has 0 aliphatic carbocycles. The van der Waals surface area contributed by atoms with Gasteiger partial charge in [-0.2, -0.15) is 10.4 Å². The lowest BCUT2D eigenvalue weighted by Crippen LogP contribution is -2.09. The summed E-state index contributed by atoms with van der Waals surface area (Å²) in [5, 5.41) is 16.4. The summed E-state index contributed by atoms with van der Waals surface area (Å²) >= 11 is 0. The Morgan fingerprint density at radius 2 is 1.43 bits per heavy atom. The van der Waals surface area contributed by atoms with Crippen LogP contribution >= 0.6 is 0 Å². The van der Waals surface area contributed by atoms with E-state index in [0.29, 0.717) is 17.0 Å². The number of anilines is 1. The van der Waals surface area contributed by atoms with Crippen molar-refractivity contribution in [3.05, 3.63) is 66.2 Å². The highest BCUT2D eigenvalue weighted by Gasteiger charge is 2.09. The molecule has 0 unspecified atom stereocenters. The van der Waals surface area contributed by atoms with Crippen LogP contribution in [-0.2, 0) is 0 Å². The zero-order valence-corrected chi connectivity index (χ0v) is 17.7. The van der Waals surface area contributed by atoms with Gasteiger partial charge in [-0.15, -0.1) is 0 Å². The predicted molar refractivity (Wildman–Crippen MR) is 121 cm³/mol. The van der Waals surface area contributed by atoms with Crippen LogP contribution in [0.5, 0.6) is 5.75 Å². The highest BCUT2D eigenvalue weighted by atomic mass is 16.5. The molecule has 0 aliphatic rings. The van der Waals surface area contributed by atoms with E-state index >= 15 is 0 Å². The van der Waals surface area contributed by atoms with Crippen molar-refractivity contribution >= 4 is 11.4 Å². The normalized spacial score (nSPS) is 10.7. The molecule has 0 atom stereocenters. The van der Waals surface area contributed by atoms with Gasteiger partial charge in [-0.05, 0) is 74.2 Å². The molecule has 0 radical (unpaired) electrons. The van der Waals surface area contributed by atoms with Gasteiger partial charge in [0, 0.05) is 6.04 Å². The first-order valence-corrected chi connectivity index (χ1v) is 10.0. The number of benzene rings is 3. The van der Waals surface area contributed by atoms with Gasteiger partial charge in [0.2, 0.25) is 0 Å². The molecule has 152 valence electrons. The van der Waals surface area contributed by atoms with Gasteiger partial charge >= 0.3 is 0 Å². The van der Waals surface area contributed by atoms with E-state index in [1.165, 1.54) is 0 Å². The predicted octanol–water partition coefficient (Wildman–Crippen LogP) is 7.16. The summed E-state index contributed by atoms with van der Waals surface area (Å²) in [5.74, 6) is 0.606. The van der Waals surface area contributed by atoms with Crippen LogP contribution in [0.15, 0.2) is 65.8 Å². The van der Waals surface area contributed by atoms with Gasteiger partial charge in [0.15, 0.2) is 0 Å². The lowest BCUT2D eigenvalue weighted by atomic mass is 9.98. The number of hydrogen-bond acceptors (Lipinski definition) is 5. The Bertz CT molecular complexity index is 1080. The van der Waals surface area contributed by atoms with Crippen LogP contribution in [0.2, 0.25) is 0 Å². The Hall–Kier alpha value is -3.65. The number of hydrogen-bond donors (Lipinski definition) is 2. The molecule has 0 aliphatic heterocycles. The van der Waals surface area contributed by atoms with Crippen LogP contribution in [-0.4, -0.2) is 12.1 Å². The third kappa shape index (κ3) is 4.84. The fraction of sp³-hybridized carbons (Fsp3) is 0.240. The number of nitrogens with zero attached hydrogens (tertiary/aromatic N) is 2. The van der Waals surface area contributed by atoms with E-state index in [0.717, 1.165) is 27.9 Å². The van der Waals surface area contributed by atoms with Gasteiger partial charge in [0.1, 0.15) is 17.5 Å². The molecule has 0 amide bonds. The van der Waals surface area contributed by atoms with Crippen molar-refractivity contribution in [2.75, 3.05) is 5.32 Å². The standard InChI is InChI=1S/C25H26N4O/c1-16(2)28-23-11-9-21(14-24(23)29-27)19-7-5-18(6-8-19)20-10-12-25(30-17(3)4)22(13-20)15-26/h5-14,16-17,27-28H,1-4H3. The zero-order valence-electron chi connectivity index (χ0n) is 17.7. The smallest absolute Gasteiger partial charge is 0.137 e. The minimum absolute atomic E-state index is 0.0182. The van der Waals surface area contributed by atoms with Crippen LogP contribution in [0, 0.1) is 16.9 Å². The van der Waals surface area contributed by atoms with Crippen LogP contribution in [0.3, 0.4) is 0 Å². The highest BCUT2D eigenvalue weighted by molar-refractivity contribution is 5.77. The number of nitriles is 1. The molecule has 0 spiro atoms. The van der Waals surface area contributed by atoms with Gasteiger partial charge in [0.25, 0.3) is 0 Å². The lowest BCUT2D eigenvalue weighted by Gasteiger charge is -2.14. The highest BCUT2D eigenvalue weighted by Crippen LogP contribution is 2.33. The Labute approximate surface area is 177 Å². The summed E-state index contributed by atoms with van der Waals surface area (Å²) in [6.07, 6.45) is 0.0182. The maximum absolute atomic E-state index is 9.46. The van der Waals surface area contributed by atoms with E-state index in [9.17, 15) is 5.26 Å². The van der Waals surface area contributed by atoms with Gasteiger partial charge in [0.05, 0.1) is 17.4 Å². The second kappa shape index (κ2) is 9.23. The van der Waals surface area contributed by atoms with Crippen LogP contribution in [0.4, 0.5) is 11.4 Å². The SMILES string of the molecule is CC(C)Nc1ccc(-c2ccc(-c3ccc(OC(C)C)c(C#N)c3)cc2)cc1N=N. The van der Waals surface area contributed by atoms with Crippen molar-refractivity contribution in [1.82, 2.24) is 0 Å². The van der Waals surface area contributed by atoms with E-state index in [2.05, 4.69) is 30.3 Å². The number of rotatable bonds is 7. The molecule has 3 aromatic rings. The van der Waals surface area contributed by atoms with Crippen molar-refractivity contribution in [2.45, 2.75) is 39.8 Å². The lowest BCUT2D eigenvalue weighted by molar-refractivity contribution is 0.242. The second-order valence-corrected chi connectivity index (χ2v) is 7.71. The van der Waals surface area contributed by atoms with Gasteiger partial charge in [-0.1, -0.05) is 36.4 Å². The van der Waals surface area contributed by atoms with Crippen LogP contribution in [0.1, 0.15) is 33.3 Å². The van der Waals surface area contributed by atoms with Crippen LogP contribution < -0.4 is 10.1 Å². The molecule has 2 N–H and O–H groups in total. The molecule has 0 bridgehead atoms. The Kier molecular flexibility index (Phi) is 6.48. The number of nitrogens with one attached hydrogen (secondary N) is 2. The molecule has 0 saturated heterocycles. The maximum Gasteiger partial charge on any atom is 0.137 e. The summed E-state index contributed by atoms with van der Waals surface area (Å²) in [4.78, 5) is 0. The summed E-state index contributed by atoms with van der Waals surface area (Å²) in [6, 6.07) is 22.2. The van der Waals surface area contributed by atoms with Gasteiger partial charge < -0.3 is 10.1 Å². The molecule has 3 aromatic carbocycles. The molecule has 5 heteroatoms. The second-order valence-electron chi connectivity index (χ2n) is 7.71. The molecule has 0 heterocycles. The number of ether oxygens (including phenoxy) is 1. The van der Waals surface area contributed by atoms with Crippen molar-refractivity contribution in [3.8, 4) is 34.1 Å². The Morgan fingerprint density at radius 1 is 0.867 bits per heavy atom. The molecule has 0 fully saturated rings. The minimum atomic E-state index is 0.0182. The van der Waals surface area contributed by atoms with E-state index in [-0.39, 0.29) is 12.1 Å². The first-order chi connectivity index (χ1) is 14.4. The monoisotopic (exact) mass is 398 g/mol. The van der Waals surface area contributed by atoms with Crippen molar-refractivity contribution in [1.29, 1.82) is 10.8 Å². The van der Waals surface area contributed by atoms with E-state index < -0.39 is 0 Å². The van der Waals surface area contributed by atoms with Crippen molar-refractivity contribution in [2.24, 2.45) is 5.11 Å². The summed E-state index contributed by atoms with van der Waals surface area (Å²) in [5.41, 5.74) is 13.5. The molecular weight excluding hydrogens is 372 g/mol. The first kappa shape index (κ1) is 21.1. The largest absolute Gasteiger partial charge is 0.490 e. The van der Waals surface area contributed by atoms with E-state index in [4.69, 9.17) is 10.3 Å². The summed E-state index contributed by atoms with van der Waals surface area (Å²) < 4.78 is 5.71. The maximum atomic E-state index is 9.46. The molecular formula is C25H26N4O. The van der Waals surface area contributed by atoms with Gasteiger partial charge in [-0.3, -0.25) is 0 Å². The average molecular weight is 399 g/mol. The van der Waals surface area contributed by atoms with Gasteiger partial charge in [-0.25, -0.2) is 5.53 Å². The van der Waals surface area contributed by atoms with Crippen molar-refractivity contribution < 1.29 is 4.74 Å². The molecule has 5 nitrogen and oxygen atoms in total. The zero-order chi connectivity index (χ0) is 21.7. The quantitative estimate of drug-likeness (QED) is 0.414. The summed E-state index contributed by atoms with van der Waals surface area (Å²) in [6.45, 7) is 8.00. The fourth-order valence-electron chi connectivity index (χ4n) is 3.25. The Balaban J connectivity index is 1.88. The van der Waals surface area contributed by atoms with E-state index in [1.54, 1.807) is 0 Å². The van der Waals surface area contributed by atoms with Crippen molar-refractivity contribution in [3.63, 3.8) is 0 Å². The third-order valence-electron chi connectivity index (χ3n) is 4.58. The third-order valence-corrected chi connectivity index (χ3v) is 4.58. The first-order valence-electron chi connectivity index (χ1n) is 10.0. The molecule has 3 rings (SSSR count). The van der Waals surface area contributed by atoms with E-state index in [1.807, 2.05) is 74.5 Å². The molecule has 0 aromatic heterocycles.